The van der Waals surface area contributed by atoms with Crippen molar-refractivity contribution >= 4 is 35.9 Å². The number of methoxy groups -OCH3 is 1. The summed E-state index contributed by atoms with van der Waals surface area (Å²) < 4.78 is 10.3. The van der Waals surface area contributed by atoms with E-state index in [2.05, 4.69) is 27.3 Å². The molecule has 1 N–H and O–H groups in total. The zero-order valence-corrected chi connectivity index (χ0v) is 18.2. The van der Waals surface area contributed by atoms with Crippen LogP contribution in [-0.4, -0.2) is 57.2 Å². The molecule has 0 saturated carbocycles. The molecule has 146 valence electrons. The molecule has 0 aromatic heterocycles. The van der Waals surface area contributed by atoms with Gasteiger partial charge in [0.15, 0.2) is 5.96 Å². The largest absolute Gasteiger partial charge is 0.497 e. The van der Waals surface area contributed by atoms with E-state index in [4.69, 9.17) is 9.47 Å². The Hall–Kier alpha value is -1.51. The van der Waals surface area contributed by atoms with E-state index in [1.165, 1.54) is 5.56 Å². The fourth-order valence-corrected chi connectivity index (χ4v) is 3.03. The SMILES string of the molecule is CCOC(=O)C1CCN(C(=NC)NCCc2ccc(OC)cc2)CC1.I. The molecule has 1 aromatic carbocycles. The van der Waals surface area contributed by atoms with Gasteiger partial charge in [-0.2, -0.15) is 0 Å². The first kappa shape index (κ1) is 22.5. The van der Waals surface area contributed by atoms with Gasteiger partial charge in [0.1, 0.15) is 5.75 Å². The molecular weight excluding hydrogens is 445 g/mol. The van der Waals surface area contributed by atoms with Crippen LogP contribution in [0.3, 0.4) is 0 Å². The van der Waals surface area contributed by atoms with Crippen LogP contribution in [0.15, 0.2) is 29.3 Å². The van der Waals surface area contributed by atoms with Gasteiger partial charge in [0.2, 0.25) is 0 Å². The van der Waals surface area contributed by atoms with Gasteiger partial charge in [0.25, 0.3) is 0 Å². The molecule has 0 bridgehead atoms. The number of benzene rings is 1. The Morgan fingerprint density at radius 2 is 1.92 bits per heavy atom. The molecule has 0 amide bonds. The summed E-state index contributed by atoms with van der Waals surface area (Å²) in [7, 11) is 3.47. The van der Waals surface area contributed by atoms with Crippen molar-refractivity contribution < 1.29 is 14.3 Å². The van der Waals surface area contributed by atoms with Crippen LogP contribution in [0.5, 0.6) is 5.75 Å². The Morgan fingerprint density at radius 3 is 2.46 bits per heavy atom. The van der Waals surface area contributed by atoms with E-state index in [-0.39, 0.29) is 35.9 Å². The quantitative estimate of drug-likeness (QED) is 0.297. The van der Waals surface area contributed by atoms with Crippen LogP contribution in [0.4, 0.5) is 0 Å². The van der Waals surface area contributed by atoms with Crippen molar-refractivity contribution in [2.45, 2.75) is 26.2 Å². The number of nitrogens with one attached hydrogen (secondary N) is 1. The average molecular weight is 475 g/mol. The number of likely N-dealkylation sites (tertiary alicyclic amines) is 1. The van der Waals surface area contributed by atoms with Crippen LogP contribution in [0.1, 0.15) is 25.3 Å². The molecule has 1 aliphatic heterocycles. The van der Waals surface area contributed by atoms with Gasteiger partial charge in [-0.25, -0.2) is 0 Å². The summed E-state index contributed by atoms with van der Waals surface area (Å²) in [5.41, 5.74) is 1.25. The van der Waals surface area contributed by atoms with Crippen LogP contribution in [-0.2, 0) is 16.0 Å². The summed E-state index contributed by atoms with van der Waals surface area (Å²) in [6.07, 6.45) is 2.55. The molecular formula is C19H30IN3O3. The number of hydrogen-bond donors (Lipinski definition) is 1. The number of aliphatic imine (C=N–C) groups is 1. The Balaban J connectivity index is 0.00000338. The van der Waals surface area contributed by atoms with E-state index in [0.717, 1.165) is 50.6 Å². The third kappa shape index (κ3) is 6.66. The van der Waals surface area contributed by atoms with Gasteiger partial charge in [-0.15, -0.1) is 24.0 Å². The summed E-state index contributed by atoms with van der Waals surface area (Å²) in [5, 5.41) is 3.41. The second-order valence-corrected chi connectivity index (χ2v) is 6.09. The Morgan fingerprint density at radius 1 is 1.27 bits per heavy atom. The third-order valence-corrected chi connectivity index (χ3v) is 4.48. The van der Waals surface area contributed by atoms with Gasteiger partial charge in [0.05, 0.1) is 19.6 Å². The van der Waals surface area contributed by atoms with Gasteiger partial charge in [0, 0.05) is 26.7 Å². The topological polar surface area (TPSA) is 63.2 Å². The fraction of sp³-hybridized carbons (Fsp3) is 0.579. The van der Waals surface area contributed by atoms with Crippen LogP contribution in [0.25, 0.3) is 0 Å². The molecule has 6 nitrogen and oxygen atoms in total. The number of hydrogen-bond acceptors (Lipinski definition) is 4. The molecule has 1 aliphatic rings. The average Bonchev–Trinajstić information content (AvgIpc) is 2.66. The molecule has 1 heterocycles. The predicted molar refractivity (Wildman–Crippen MR) is 114 cm³/mol. The lowest BCUT2D eigenvalue weighted by Crippen LogP contribution is -2.47. The number of carbonyl (C=O) groups excluding carboxylic acids is 1. The minimum absolute atomic E-state index is 0. The van der Waals surface area contributed by atoms with Crippen molar-refractivity contribution in [1.82, 2.24) is 10.2 Å². The smallest absolute Gasteiger partial charge is 0.309 e. The van der Waals surface area contributed by atoms with Gasteiger partial charge in [-0.05, 0) is 43.9 Å². The van der Waals surface area contributed by atoms with Crippen molar-refractivity contribution in [2.24, 2.45) is 10.9 Å². The van der Waals surface area contributed by atoms with Crippen molar-refractivity contribution in [3.63, 3.8) is 0 Å². The standard InChI is InChI=1S/C19H29N3O3.HI/c1-4-25-18(23)16-10-13-22(14-11-16)19(20-2)21-12-9-15-5-7-17(24-3)8-6-15;/h5-8,16H,4,9-14H2,1-3H3,(H,20,21);1H. The number of guanidine groups is 1. The summed E-state index contributed by atoms with van der Waals surface area (Å²) in [6, 6.07) is 8.11. The van der Waals surface area contributed by atoms with Crippen molar-refractivity contribution in [2.75, 3.05) is 40.4 Å². The van der Waals surface area contributed by atoms with Gasteiger partial charge in [-0.3, -0.25) is 9.79 Å². The molecule has 2 rings (SSSR count). The van der Waals surface area contributed by atoms with Gasteiger partial charge < -0.3 is 19.7 Å². The summed E-state index contributed by atoms with van der Waals surface area (Å²) in [4.78, 5) is 18.4. The van der Waals surface area contributed by atoms with Crippen LogP contribution in [0.2, 0.25) is 0 Å². The lowest BCUT2D eigenvalue weighted by molar-refractivity contribution is -0.149. The Kier molecular flexibility index (Phi) is 10.4. The maximum absolute atomic E-state index is 11.8. The summed E-state index contributed by atoms with van der Waals surface area (Å²) in [6.45, 7) is 4.77. The Labute approximate surface area is 173 Å². The normalized spacial score (nSPS) is 15.2. The minimum Gasteiger partial charge on any atom is -0.497 e. The van der Waals surface area contributed by atoms with Gasteiger partial charge >= 0.3 is 5.97 Å². The van der Waals surface area contributed by atoms with E-state index in [1.807, 2.05) is 19.1 Å². The maximum Gasteiger partial charge on any atom is 0.309 e. The van der Waals surface area contributed by atoms with Crippen molar-refractivity contribution in [3.05, 3.63) is 29.8 Å². The highest BCUT2D eigenvalue weighted by Crippen LogP contribution is 2.18. The number of piperidine rings is 1. The number of ether oxygens (including phenoxy) is 2. The van der Waals surface area contributed by atoms with E-state index in [9.17, 15) is 4.79 Å². The molecule has 0 aliphatic carbocycles. The van der Waals surface area contributed by atoms with Crippen LogP contribution < -0.4 is 10.1 Å². The lowest BCUT2D eigenvalue weighted by atomic mass is 9.97. The molecule has 0 atom stereocenters. The molecule has 1 saturated heterocycles. The second-order valence-electron chi connectivity index (χ2n) is 6.09. The first-order chi connectivity index (χ1) is 12.2. The maximum atomic E-state index is 11.8. The Bertz CT molecular complexity index is 570. The third-order valence-electron chi connectivity index (χ3n) is 4.48. The number of rotatable bonds is 6. The van der Waals surface area contributed by atoms with Crippen molar-refractivity contribution in [1.29, 1.82) is 0 Å². The molecule has 26 heavy (non-hydrogen) atoms. The molecule has 0 unspecified atom stereocenters. The number of nitrogens with zero attached hydrogens (tertiary/aromatic N) is 2. The highest BCUT2D eigenvalue weighted by molar-refractivity contribution is 14.0. The van der Waals surface area contributed by atoms with Crippen molar-refractivity contribution in [3.8, 4) is 5.75 Å². The number of esters is 1. The predicted octanol–water partition coefficient (Wildman–Crippen LogP) is 2.71. The monoisotopic (exact) mass is 475 g/mol. The zero-order valence-electron chi connectivity index (χ0n) is 15.9. The highest BCUT2D eigenvalue weighted by atomic mass is 127. The molecule has 0 radical (unpaired) electrons. The van der Waals surface area contributed by atoms with Crippen LogP contribution >= 0.6 is 24.0 Å². The van der Waals surface area contributed by atoms with E-state index in [0.29, 0.717) is 6.61 Å². The zero-order chi connectivity index (χ0) is 18.1. The number of carbonyl (C=O) groups is 1. The molecule has 1 aromatic rings. The highest BCUT2D eigenvalue weighted by Gasteiger charge is 2.27. The van der Waals surface area contributed by atoms with E-state index >= 15 is 0 Å². The molecule has 1 fully saturated rings. The van der Waals surface area contributed by atoms with E-state index < -0.39 is 0 Å². The molecule has 7 heteroatoms. The lowest BCUT2D eigenvalue weighted by Gasteiger charge is -2.33. The molecule has 0 spiro atoms. The summed E-state index contributed by atoms with van der Waals surface area (Å²) in [5.74, 6) is 1.73. The fourth-order valence-electron chi connectivity index (χ4n) is 3.03. The first-order valence-electron chi connectivity index (χ1n) is 8.93. The number of halogens is 1. The van der Waals surface area contributed by atoms with Crippen LogP contribution in [0, 0.1) is 5.92 Å². The second kappa shape index (κ2) is 12.0. The first-order valence-corrected chi connectivity index (χ1v) is 8.93. The van der Waals surface area contributed by atoms with Gasteiger partial charge in [-0.1, -0.05) is 12.1 Å². The minimum atomic E-state index is -0.0652. The van der Waals surface area contributed by atoms with E-state index in [1.54, 1.807) is 14.2 Å². The summed E-state index contributed by atoms with van der Waals surface area (Å²) >= 11 is 0.